The van der Waals surface area contributed by atoms with Crippen molar-refractivity contribution in [3.05, 3.63) is 65.6 Å². The molecule has 1 aliphatic rings. The van der Waals surface area contributed by atoms with Crippen molar-refractivity contribution in [2.75, 3.05) is 12.8 Å². The topological polar surface area (TPSA) is 55.3 Å². The monoisotopic (exact) mass is 463 g/mol. The first-order valence-corrected chi connectivity index (χ1v) is 10.2. The molecule has 3 rings (SSSR count). The van der Waals surface area contributed by atoms with Gasteiger partial charge in [-0.25, -0.2) is 9.97 Å². The van der Waals surface area contributed by atoms with Crippen LogP contribution >= 0.6 is 0 Å². The fourth-order valence-electron chi connectivity index (χ4n) is 2.75. The predicted molar refractivity (Wildman–Crippen MR) is 100 cm³/mol. The van der Waals surface area contributed by atoms with E-state index in [2.05, 4.69) is 14.7 Å². The molecule has 0 bridgehead atoms. The zero-order chi connectivity index (χ0) is 22.8. The standard InChI is InChI=1S/C19H15F6N3O2S/c1-31(29)17-26-15(9-16(27-17)18(20,21)22)13-3-2-8-28(11-13)10-12-4-6-14(7-5-12)30-19(23,24)25/h2-7,9,11H,8,10H2,1H3. The van der Waals surface area contributed by atoms with Crippen LogP contribution in [0.2, 0.25) is 0 Å². The van der Waals surface area contributed by atoms with Crippen LogP contribution < -0.4 is 4.74 Å². The number of hydrogen-bond acceptors (Lipinski definition) is 5. The van der Waals surface area contributed by atoms with Crippen LogP contribution in [0.25, 0.3) is 5.57 Å². The minimum atomic E-state index is -4.79. The van der Waals surface area contributed by atoms with Crippen LogP contribution in [0.1, 0.15) is 17.0 Å². The van der Waals surface area contributed by atoms with Gasteiger partial charge in [0, 0.05) is 31.1 Å². The summed E-state index contributed by atoms with van der Waals surface area (Å²) in [5, 5.41) is -0.434. The van der Waals surface area contributed by atoms with Crippen molar-refractivity contribution in [3.63, 3.8) is 0 Å². The highest BCUT2D eigenvalue weighted by Crippen LogP contribution is 2.31. The summed E-state index contributed by atoms with van der Waals surface area (Å²) >= 11 is 0. The molecule has 1 aliphatic heterocycles. The highest BCUT2D eigenvalue weighted by molar-refractivity contribution is 7.84. The number of ether oxygens (including phenoxy) is 1. The number of nitrogens with zero attached hydrogens (tertiary/aromatic N) is 3. The Morgan fingerprint density at radius 1 is 1.10 bits per heavy atom. The SMILES string of the molecule is CS(=O)c1nc(C2=CN(Cc3ccc(OC(F)(F)F)cc3)CC=C2)cc(C(F)(F)F)n1. The lowest BCUT2D eigenvalue weighted by molar-refractivity contribution is -0.274. The molecule has 0 amide bonds. The van der Waals surface area contributed by atoms with E-state index in [0.717, 1.165) is 6.07 Å². The lowest BCUT2D eigenvalue weighted by atomic mass is 10.1. The van der Waals surface area contributed by atoms with Gasteiger partial charge in [-0.1, -0.05) is 24.3 Å². The van der Waals surface area contributed by atoms with E-state index in [1.807, 2.05) is 0 Å². The zero-order valence-corrected chi connectivity index (χ0v) is 16.7. The zero-order valence-electron chi connectivity index (χ0n) is 15.9. The average molecular weight is 463 g/mol. The Kier molecular flexibility index (Phi) is 6.39. The molecular weight excluding hydrogens is 448 g/mol. The average Bonchev–Trinajstić information content (AvgIpc) is 2.67. The molecule has 5 nitrogen and oxygen atoms in total. The minimum Gasteiger partial charge on any atom is -0.406 e. The van der Waals surface area contributed by atoms with Crippen molar-refractivity contribution in [1.29, 1.82) is 0 Å². The summed E-state index contributed by atoms with van der Waals surface area (Å²) in [6.45, 7) is 0.706. The molecule has 166 valence electrons. The lowest BCUT2D eigenvalue weighted by Crippen LogP contribution is -2.20. The third-order valence-electron chi connectivity index (χ3n) is 4.05. The van der Waals surface area contributed by atoms with Gasteiger partial charge in [-0.3, -0.25) is 4.21 Å². The van der Waals surface area contributed by atoms with Gasteiger partial charge in [0.1, 0.15) is 11.4 Å². The molecule has 2 aromatic rings. The molecule has 0 fully saturated rings. The summed E-state index contributed by atoms with van der Waals surface area (Å²) in [6, 6.07) is 6.04. The van der Waals surface area contributed by atoms with Gasteiger partial charge in [0.15, 0.2) is 0 Å². The molecule has 0 saturated carbocycles. The number of halogens is 6. The molecule has 0 aliphatic carbocycles. The lowest BCUT2D eigenvalue weighted by Gasteiger charge is -2.23. The maximum atomic E-state index is 13.2. The van der Waals surface area contributed by atoms with E-state index in [1.54, 1.807) is 23.3 Å². The molecule has 12 heteroatoms. The summed E-state index contributed by atoms with van der Waals surface area (Å²) < 4.78 is 91.7. The molecule has 0 N–H and O–H groups in total. The fraction of sp³-hybridized carbons (Fsp3) is 0.263. The number of alkyl halides is 6. The van der Waals surface area contributed by atoms with Gasteiger partial charge >= 0.3 is 12.5 Å². The summed E-state index contributed by atoms with van der Waals surface area (Å²) in [4.78, 5) is 9.05. The van der Waals surface area contributed by atoms with Gasteiger partial charge in [-0.15, -0.1) is 13.2 Å². The summed E-state index contributed by atoms with van der Waals surface area (Å²) in [5.41, 5.74) is -0.228. The number of rotatable bonds is 5. The number of benzene rings is 1. The Labute approximate surface area is 175 Å². The van der Waals surface area contributed by atoms with Crippen LogP contribution in [0.3, 0.4) is 0 Å². The number of aromatic nitrogens is 2. The maximum absolute atomic E-state index is 13.2. The smallest absolute Gasteiger partial charge is 0.406 e. The molecule has 1 aromatic heterocycles. The van der Waals surface area contributed by atoms with Crippen molar-refractivity contribution in [2.24, 2.45) is 0 Å². The van der Waals surface area contributed by atoms with E-state index in [4.69, 9.17) is 0 Å². The van der Waals surface area contributed by atoms with Crippen molar-refractivity contribution >= 4 is 16.4 Å². The second kappa shape index (κ2) is 8.69. The first kappa shape index (κ1) is 22.8. The first-order valence-electron chi connectivity index (χ1n) is 8.68. The third kappa shape index (κ3) is 6.29. The largest absolute Gasteiger partial charge is 0.573 e. The first-order chi connectivity index (χ1) is 14.4. The van der Waals surface area contributed by atoms with E-state index in [-0.39, 0.29) is 18.0 Å². The van der Waals surface area contributed by atoms with E-state index in [1.165, 1.54) is 30.5 Å². The summed E-state index contributed by atoms with van der Waals surface area (Å²) in [5.74, 6) is -0.355. The summed E-state index contributed by atoms with van der Waals surface area (Å²) in [6.07, 6.45) is -3.47. The molecule has 0 spiro atoms. The Morgan fingerprint density at radius 2 is 1.77 bits per heavy atom. The van der Waals surface area contributed by atoms with Gasteiger partial charge in [0.2, 0.25) is 5.16 Å². The normalized spacial score (nSPS) is 15.6. The number of allylic oxidation sites excluding steroid dienone is 2. The molecule has 0 radical (unpaired) electrons. The van der Waals surface area contributed by atoms with E-state index < -0.39 is 34.2 Å². The third-order valence-corrected chi connectivity index (χ3v) is 4.75. The molecule has 0 saturated heterocycles. The van der Waals surface area contributed by atoms with Gasteiger partial charge in [-0.05, 0) is 23.8 Å². The molecular formula is C19H15F6N3O2S. The van der Waals surface area contributed by atoms with E-state index in [9.17, 15) is 30.6 Å². The van der Waals surface area contributed by atoms with Crippen molar-refractivity contribution < 1.29 is 35.3 Å². The maximum Gasteiger partial charge on any atom is 0.573 e. The molecule has 1 unspecified atom stereocenters. The molecule has 1 aromatic carbocycles. The van der Waals surface area contributed by atoms with Crippen molar-refractivity contribution in [3.8, 4) is 5.75 Å². The van der Waals surface area contributed by atoms with Crippen LogP contribution in [0.4, 0.5) is 26.3 Å². The highest BCUT2D eigenvalue weighted by Gasteiger charge is 2.34. The Morgan fingerprint density at radius 3 is 2.35 bits per heavy atom. The van der Waals surface area contributed by atoms with Crippen LogP contribution in [0, 0.1) is 0 Å². The second-order valence-corrected chi connectivity index (χ2v) is 7.75. The van der Waals surface area contributed by atoms with Crippen molar-refractivity contribution in [1.82, 2.24) is 14.9 Å². The molecule has 31 heavy (non-hydrogen) atoms. The second-order valence-electron chi connectivity index (χ2n) is 6.48. The van der Waals surface area contributed by atoms with E-state index in [0.29, 0.717) is 17.7 Å². The van der Waals surface area contributed by atoms with Gasteiger partial charge in [0.25, 0.3) is 0 Å². The Hall–Kier alpha value is -2.89. The van der Waals surface area contributed by atoms with Crippen LogP contribution in [-0.2, 0) is 23.5 Å². The molecule has 1 atom stereocenters. The van der Waals surface area contributed by atoms with Gasteiger partial charge in [0.05, 0.1) is 16.5 Å². The Bertz CT molecular complexity index is 1030. The van der Waals surface area contributed by atoms with Crippen LogP contribution in [-0.4, -0.2) is 38.2 Å². The Balaban J connectivity index is 1.83. The quantitative estimate of drug-likeness (QED) is 0.481. The predicted octanol–water partition coefficient (Wildman–Crippen LogP) is 4.54. The summed E-state index contributed by atoms with van der Waals surface area (Å²) in [7, 11) is -1.82. The fourth-order valence-corrected chi connectivity index (χ4v) is 3.20. The molecule has 2 heterocycles. The minimum absolute atomic E-state index is 0.0394. The highest BCUT2D eigenvalue weighted by atomic mass is 32.2. The van der Waals surface area contributed by atoms with Gasteiger partial charge < -0.3 is 9.64 Å². The van der Waals surface area contributed by atoms with Crippen LogP contribution in [0.5, 0.6) is 5.75 Å². The number of hydrogen-bond donors (Lipinski definition) is 0. The van der Waals surface area contributed by atoms with Crippen LogP contribution in [0.15, 0.2) is 53.8 Å². The van der Waals surface area contributed by atoms with Gasteiger partial charge in [-0.2, -0.15) is 13.2 Å². The van der Waals surface area contributed by atoms with E-state index >= 15 is 0 Å². The van der Waals surface area contributed by atoms with Crippen molar-refractivity contribution in [2.45, 2.75) is 24.2 Å².